The molecule has 64 valence electrons. The van der Waals surface area contributed by atoms with Crippen molar-refractivity contribution >= 4 is 12.8 Å². The first-order chi connectivity index (χ1) is 5.83. The Bertz CT molecular complexity index is 290. The van der Waals surface area contributed by atoms with E-state index in [2.05, 4.69) is 17.5 Å². The molecule has 0 fully saturated rings. The molecule has 2 rings (SSSR count). The van der Waals surface area contributed by atoms with Gasteiger partial charge in [0.25, 0.3) is 0 Å². The zero-order valence-corrected chi connectivity index (χ0v) is 7.46. The van der Waals surface area contributed by atoms with Crippen LogP contribution in [0, 0.1) is 0 Å². The molecule has 0 saturated carbocycles. The van der Waals surface area contributed by atoms with Crippen LogP contribution in [0.25, 0.3) is 0 Å². The molecule has 0 bridgehead atoms. The number of thiol groups is 1. The van der Waals surface area contributed by atoms with E-state index in [0.29, 0.717) is 0 Å². The van der Waals surface area contributed by atoms with Crippen molar-refractivity contribution in [1.29, 1.82) is 0 Å². The van der Waals surface area contributed by atoms with E-state index in [9.17, 15) is 5.11 Å². The number of hydrogen-bond acceptors (Lipinski definition) is 3. The average Bonchev–Trinajstić information content (AvgIpc) is 2.40. The first kappa shape index (κ1) is 8.10. The van der Waals surface area contributed by atoms with Crippen LogP contribution in [-0.2, 0) is 6.42 Å². The van der Waals surface area contributed by atoms with E-state index < -0.39 is 0 Å². The second-order valence-corrected chi connectivity index (χ2v) is 3.34. The highest BCUT2D eigenvalue weighted by Crippen LogP contribution is 2.31. The third kappa shape index (κ3) is 1.14. The maximum Gasteiger partial charge on any atom is 0.0783 e. The van der Waals surface area contributed by atoms with Gasteiger partial charge in [-0.1, -0.05) is 37.1 Å². The van der Waals surface area contributed by atoms with E-state index in [1.807, 2.05) is 24.3 Å². The lowest BCUT2D eigenvalue weighted by Crippen LogP contribution is -2.21. The summed E-state index contributed by atoms with van der Waals surface area (Å²) in [5, 5.41) is 9.60. The summed E-state index contributed by atoms with van der Waals surface area (Å²) in [5.74, 6) is 0. The molecule has 0 radical (unpaired) electrons. The Morgan fingerprint density at radius 1 is 1.42 bits per heavy atom. The van der Waals surface area contributed by atoms with Crippen LogP contribution in [0.15, 0.2) is 24.3 Å². The lowest BCUT2D eigenvalue weighted by Gasteiger charge is -2.12. The van der Waals surface area contributed by atoms with Gasteiger partial charge in [0.15, 0.2) is 0 Å². The van der Waals surface area contributed by atoms with E-state index in [1.54, 1.807) is 0 Å². The van der Waals surface area contributed by atoms with Crippen molar-refractivity contribution in [3.63, 3.8) is 0 Å². The zero-order chi connectivity index (χ0) is 8.55. The van der Waals surface area contributed by atoms with Gasteiger partial charge < -0.3 is 5.11 Å². The van der Waals surface area contributed by atoms with Crippen LogP contribution >= 0.6 is 12.8 Å². The largest absolute Gasteiger partial charge is 0.391 e. The summed E-state index contributed by atoms with van der Waals surface area (Å²) in [6.45, 7) is 0. The Morgan fingerprint density at radius 2 is 2.17 bits per heavy atom. The summed E-state index contributed by atoms with van der Waals surface area (Å²) in [6, 6.07) is 8.04. The minimum absolute atomic E-state index is 0.00969. The third-order valence-corrected chi connectivity index (χ3v) is 2.62. The van der Waals surface area contributed by atoms with Gasteiger partial charge in [-0.2, -0.15) is 0 Å². The van der Waals surface area contributed by atoms with Crippen molar-refractivity contribution in [2.75, 3.05) is 0 Å². The van der Waals surface area contributed by atoms with E-state index in [-0.39, 0.29) is 12.1 Å². The Morgan fingerprint density at radius 3 is 2.92 bits per heavy atom. The van der Waals surface area contributed by atoms with Crippen LogP contribution in [-0.4, -0.2) is 11.2 Å². The fraction of sp³-hybridized carbons (Fsp3) is 0.333. The van der Waals surface area contributed by atoms with E-state index in [4.69, 9.17) is 0 Å². The molecule has 0 amide bonds. The molecule has 0 heterocycles. The summed E-state index contributed by atoms with van der Waals surface area (Å²) < 4.78 is 2.81. The summed E-state index contributed by atoms with van der Waals surface area (Å²) in [7, 11) is 0. The van der Waals surface area contributed by atoms with Gasteiger partial charge in [-0.25, -0.2) is 0 Å². The van der Waals surface area contributed by atoms with E-state index >= 15 is 0 Å². The van der Waals surface area contributed by atoms with E-state index in [1.165, 1.54) is 11.1 Å². The van der Waals surface area contributed by atoms with Gasteiger partial charge in [-0.15, -0.1) is 0 Å². The highest BCUT2D eigenvalue weighted by Gasteiger charge is 2.29. The highest BCUT2D eigenvalue weighted by atomic mass is 32.1. The molecule has 0 aliphatic heterocycles. The number of aliphatic hydroxyl groups excluding tert-OH is 1. The molecule has 12 heavy (non-hydrogen) atoms. The Kier molecular flexibility index (Phi) is 2.09. The van der Waals surface area contributed by atoms with Crippen molar-refractivity contribution in [1.82, 2.24) is 4.72 Å². The molecule has 2 atom stereocenters. The van der Waals surface area contributed by atoms with Crippen LogP contribution in [0.3, 0.4) is 0 Å². The van der Waals surface area contributed by atoms with E-state index in [0.717, 1.165) is 6.42 Å². The zero-order valence-electron chi connectivity index (χ0n) is 6.57. The third-order valence-electron chi connectivity index (χ3n) is 2.34. The number of benzene rings is 1. The van der Waals surface area contributed by atoms with Gasteiger partial charge in [0.05, 0.1) is 12.1 Å². The number of rotatable bonds is 1. The molecule has 0 unspecified atom stereocenters. The Labute approximate surface area is 77.2 Å². The van der Waals surface area contributed by atoms with Gasteiger partial charge in [-0.05, 0) is 11.1 Å². The minimum atomic E-state index is -0.333. The number of fused-ring (bicyclic) bond motifs is 1. The van der Waals surface area contributed by atoms with Crippen LogP contribution < -0.4 is 4.72 Å². The van der Waals surface area contributed by atoms with Gasteiger partial charge in [0.1, 0.15) is 0 Å². The molecule has 1 aromatic rings. The first-order valence-electron chi connectivity index (χ1n) is 3.98. The highest BCUT2D eigenvalue weighted by molar-refractivity contribution is 7.78. The molecular weight excluding hydrogens is 170 g/mol. The quantitative estimate of drug-likeness (QED) is 0.566. The van der Waals surface area contributed by atoms with Gasteiger partial charge in [0, 0.05) is 6.42 Å². The van der Waals surface area contributed by atoms with Gasteiger partial charge >= 0.3 is 0 Å². The summed E-state index contributed by atoms with van der Waals surface area (Å²) in [6.07, 6.45) is 0.397. The normalized spacial score (nSPS) is 27.2. The Hall–Kier alpha value is -0.510. The minimum Gasteiger partial charge on any atom is -0.391 e. The van der Waals surface area contributed by atoms with Crippen molar-refractivity contribution in [2.24, 2.45) is 0 Å². The standard InChI is InChI=1S/C9H11NOS/c11-8-5-6-3-1-2-4-7(6)9(8)10-12/h1-4,8-12H,5H2/t8-,9-/m1/s1. The van der Waals surface area contributed by atoms with Crippen molar-refractivity contribution in [3.05, 3.63) is 35.4 Å². The SMILES string of the molecule is O[C@@H]1Cc2ccccc2[C@H]1NS. The van der Waals surface area contributed by atoms with Crippen molar-refractivity contribution < 1.29 is 5.11 Å². The molecular formula is C9H11NOS. The fourth-order valence-corrected chi connectivity index (χ4v) is 2.04. The number of nitrogens with one attached hydrogen (secondary N) is 1. The first-order valence-corrected chi connectivity index (χ1v) is 4.43. The van der Waals surface area contributed by atoms with Crippen LogP contribution in [0.2, 0.25) is 0 Å². The van der Waals surface area contributed by atoms with Gasteiger partial charge in [-0.3, -0.25) is 4.72 Å². The maximum absolute atomic E-state index is 9.60. The second kappa shape index (κ2) is 3.09. The van der Waals surface area contributed by atoms with Crippen molar-refractivity contribution in [3.8, 4) is 0 Å². The molecule has 0 saturated heterocycles. The molecule has 2 nitrogen and oxygen atoms in total. The lowest BCUT2D eigenvalue weighted by atomic mass is 10.1. The molecule has 3 heteroatoms. The molecule has 0 aromatic heterocycles. The second-order valence-electron chi connectivity index (χ2n) is 3.08. The summed E-state index contributed by atoms with van der Waals surface area (Å²) >= 11 is 3.99. The van der Waals surface area contributed by atoms with Crippen LogP contribution in [0.1, 0.15) is 17.2 Å². The molecule has 0 spiro atoms. The average molecular weight is 181 g/mol. The van der Waals surface area contributed by atoms with Crippen LogP contribution in [0.4, 0.5) is 0 Å². The van der Waals surface area contributed by atoms with Crippen molar-refractivity contribution in [2.45, 2.75) is 18.6 Å². The van der Waals surface area contributed by atoms with Crippen LogP contribution in [0.5, 0.6) is 0 Å². The molecule has 2 N–H and O–H groups in total. The smallest absolute Gasteiger partial charge is 0.0783 e. The fourth-order valence-electron chi connectivity index (χ4n) is 1.73. The molecule has 1 aliphatic rings. The topological polar surface area (TPSA) is 32.3 Å². The maximum atomic E-state index is 9.60. The lowest BCUT2D eigenvalue weighted by molar-refractivity contribution is 0.153. The monoisotopic (exact) mass is 181 g/mol. The predicted octanol–water partition coefficient (Wildman–Crippen LogP) is 1.08. The van der Waals surface area contributed by atoms with Gasteiger partial charge in [0.2, 0.25) is 0 Å². The molecule has 1 aliphatic carbocycles. The number of hydrogen-bond donors (Lipinski definition) is 3. The Balaban J connectivity index is 2.40. The number of aliphatic hydroxyl groups is 1. The summed E-state index contributed by atoms with van der Waals surface area (Å²) in [4.78, 5) is 0. The predicted molar refractivity (Wildman–Crippen MR) is 51.0 cm³/mol. The summed E-state index contributed by atoms with van der Waals surface area (Å²) in [5.41, 5.74) is 2.39. The molecule has 1 aromatic carbocycles.